The highest BCUT2D eigenvalue weighted by Gasteiger charge is 2.12. The summed E-state index contributed by atoms with van der Waals surface area (Å²) in [4.78, 5) is 23.8. The van der Waals surface area contributed by atoms with E-state index in [0.717, 1.165) is 70.1 Å². The van der Waals surface area contributed by atoms with Crippen LogP contribution in [0.5, 0.6) is 0 Å². The maximum atomic E-state index is 11.9. The van der Waals surface area contributed by atoms with Crippen LogP contribution in [0.3, 0.4) is 0 Å². The van der Waals surface area contributed by atoms with Gasteiger partial charge >= 0.3 is 11.9 Å². The van der Waals surface area contributed by atoms with Crippen LogP contribution in [0.2, 0.25) is 0 Å². The lowest BCUT2D eigenvalue weighted by Gasteiger charge is -2.12. The van der Waals surface area contributed by atoms with E-state index in [9.17, 15) is 19.8 Å². The summed E-state index contributed by atoms with van der Waals surface area (Å²) in [6.07, 6.45) is 31.0. The molecule has 6 heteroatoms. The maximum Gasteiger partial charge on any atom is 0.305 e. The van der Waals surface area contributed by atoms with Crippen molar-refractivity contribution in [3.63, 3.8) is 0 Å². The second-order valence-electron chi connectivity index (χ2n) is 11.9. The minimum atomic E-state index is -0.984. The lowest BCUT2D eigenvalue weighted by Crippen LogP contribution is -2.25. The SMILES string of the molecule is CC/C=C/CC(O)/C=C/C=C/CCCCCCCC(=O)OC[C@@H](O)COC(=O)CCCCCCCCCCCC(C)C. The number of carbonyl (C=O) groups excluding carboxylic acids is 2. The first kappa shape index (κ1) is 40.1. The molecule has 0 bridgehead atoms. The highest BCUT2D eigenvalue weighted by molar-refractivity contribution is 5.69. The van der Waals surface area contributed by atoms with Gasteiger partial charge in [0.1, 0.15) is 19.3 Å². The molecule has 0 aliphatic heterocycles. The standard InChI is InChI=1S/C36H64O6/c1-4-5-20-26-33(37)27-22-17-13-9-7-11-15-19-24-29-36(40)42-31-34(38)30-41-35(39)28-23-18-14-10-6-8-12-16-21-25-32(2)3/h5,13,17,20,22,27,32-34,37-38H,4,6-12,14-16,18-19,21,23-26,28-31H2,1-3H3/b17-13+,20-5+,27-22+/t33?,34-/m0/s1. The zero-order chi connectivity index (χ0) is 31.1. The molecule has 6 nitrogen and oxygen atoms in total. The number of esters is 2. The number of carbonyl (C=O) groups is 2. The van der Waals surface area contributed by atoms with Crippen LogP contribution in [-0.4, -0.2) is 47.6 Å². The predicted octanol–water partition coefficient (Wildman–Crippen LogP) is 8.94. The van der Waals surface area contributed by atoms with Crippen LogP contribution in [0.15, 0.2) is 36.5 Å². The Balaban J connectivity index is 3.54. The van der Waals surface area contributed by atoms with Gasteiger partial charge in [-0.05, 0) is 44.4 Å². The lowest BCUT2D eigenvalue weighted by molar-refractivity contribution is -0.152. The number of aliphatic hydroxyl groups excluding tert-OH is 2. The third-order valence-corrected chi connectivity index (χ3v) is 7.15. The maximum absolute atomic E-state index is 11.9. The smallest absolute Gasteiger partial charge is 0.305 e. The van der Waals surface area contributed by atoms with Crippen molar-refractivity contribution in [3.8, 4) is 0 Å². The van der Waals surface area contributed by atoms with Gasteiger partial charge < -0.3 is 19.7 Å². The van der Waals surface area contributed by atoms with E-state index >= 15 is 0 Å². The van der Waals surface area contributed by atoms with Gasteiger partial charge in [0.25, 0.3) is 0 Å². The van der Waals surface area contributed by atoms with Gasteiger partial charge in [0, 0.05) is 12.8 Å². The van der Waals surface area contributed by atoms with Crippen molar-refractivity contribution in [2.24, 2.45) is 5.92 Å². The van der Waals surface area contributed by atoms with Gasteiger partial charge in [-0.25, -0.2) is 0 Å². The predicted molar refractivity (Wildman–Crippen MR) is 174 cm³/mol. The second kappa shape index (κ2) is 30.5. The van der Waals surface area contributed by atoms with Crippen LogP contribution in [0.4, 0.5) is 0 Å². The minimum absolute atomic E-state index is 0.135. The van der Waals surface area contributed by atoms with Crippen LogP contribution >= 0.6 is 0 Å². The Morgan fingerprint density at radius 2 is 1.14 bits per heavy atom. The van der Waals surface area contributed by atoms with Gasteiger partial charge in [-0.15, -0.1) is 0 Å². The molecule has 0 rings (SSSR count). The van der Waals surface area contributed by atoms with E-state index < -0.39 is 12.2 Å². The summed E-state index contributed by atoms with van der Waals surface area (Å²) in [5.41, 5.74) is 0. The van der Waals surface area contributed by atoms with Crippen molar-refractivity contribution >= 4 is 11.9 Å². The Bertz CT molecular complexity index is 712. The van der Waals surface area contributed by atoms with E-state index in [4.69, 9.17) is 9.47 Å². The van der Waals surface area contributed by atoms with Crippen molar-refractivity contribution in [2.75, 3.05) is 13.2 Å². The number of allylic oxidation sites excluding steroid dienone is 4. The summed E-state index contributed by atoms with van der Waals surface area (Å²) < 4.78 is 10.3. The van der Waals surface area contributed by atoms with Crippen molar-refractivity contribution in [3.05, 3.63) is 36.5 Å². The molecule has 1 unspecified atom stereocenters. The van der Waals surface area contributed by atoms with Crippen molar-refractivity contribution in [1.82, 2.24) is 0 Å². The summed E-state index contributed by atoms with van der Waals surface area (Å²) >= 11 is 0. The van der Waals surface area contributed by atoms with E-state index in [1.807, 2.05) is 24.3 Å². The van der Waals surface area contributed by atoms with E-state index in [0.29, 0.717) is 19.3 Å². The molecule has 0 fully saturated rings. The van der Waals surface area contributed by atoms with Crippen LogP contribution in [0, 0.1) is 5.92 Å². The average Bonchev–Trinajstić information content (AvgIpc) is 2.96. The van der Waals surface area contributed by atoms with Crippen LogP contribution in [0.25, 0.3) is 0 Å². The molecule has 0 amide bonds. The molecule has 0 heterocycles. The number of hydrogen-bond donors (Lipinski definition) is 2. The Hall–Kier alpha value is -1.92. The zero-order valence-corrected chi connectivity index (χ0v) is 27.3. The molecule has 0 saturated heterocycles. The molecule has 0 aliphatic carbocycles. The number of rotatable bonds is 29. The van der Waals surface area contributed by atoms with Gasteiger partial charge in [0.2, 0.25) is 0 Å². The van der Waals surface area contributed by atoms with Gasteiger partial charge in [-0.1, -0.05) is 134 Å². The van der Waals surface area contributed by atoms with Crippen molar-refractivity contribution in [1.29, 1.82) is 0 Å². The quantitative estimate of drug-likeness (QED) is 0.0390. The third-order valence-electron chi connectivity index (χ3n) is 7.15. The number of ether oxygens (including phenoxy) is 2. The average molecular weight is 593 g/mol. The Morgan fingerprint density at radius 1 is 0.643 bits per heavy atom. The van der Waals surface area contributed by atoms with E-state index in [1.165, 1.54) is 44.9 Å². The number of hydrogen-bond acceptors (Lipinski definition) is 6. The molecule has 0 aromatic rings. The number of unbranched alkanes of at least 4 members (excludes halogenated alkanes) is 13. The van der Waals surface area contributed by atoms with Gasteiger partial charge in [0.05, 0.1) is 6.10 Å². The second-order valence-corrected chi connectivity index (χ2v) is 11.9. The monoisotopic (exact) mass is 592 g/mol. The van der Waals surface area contributed by atoms with Crippen LogP contribution < -0.4 is 0 Å². The molecule has 2 atom stereocenters. The summed E-state index contributed by atoms with van der Waals surface area (Å²) in [5, 5.41) is 19.7. The molecule has 42 heavy (non-hydrogen) atoms. The van der Waals surface area contributed by atoms with Crippen LogP contribution in [-0.2, 0) is 19.1 Å². The summed E-state index contributed by atoms with van der Waals surface area (Å²) in [5.74, 6) is 0.192. The molecule has 0 spiro atoms. The largest absolute Gasteiger partial charge is 0.463 e. The summed E-state index contributed by atoms with van der Waals surface area (Å²) in [6, 6.07) is 0. The molecule has 0 aromatic carbocycles. The summed E-state index contributed by atoms with van der Waals surface area (Å²) in [6.45, 7) is 6.36. The Labute approximate surface area is 258 Å². The molecular formula is C36H64O6. The summed E-state index contributed by atoms with van der Waals surface area (Å²) in [7, 11) is 0. The van der Waals surface area contributed by atoms with Crippen molar-refractivity contribution < 1.29 is 29.3 Å². The fraction of sp³-hybridized carbons (Fsp3) is 0.778. The molecule has 244 valence electrons. The molecule has 0 saturated carbocycles. The minimum Gasteiger partial charge on any atom is -0.463 e. The fourth-order valence-corrected chi connectivity index (χ4v) is 4.54. The van der Waals surface area contributed by atoms with E-state index in [2.05, 4.69) is 32.9 Å². The molecular weight excluding hydrogens is 528 g/mol. The highest BCUT2D eigenvalue weighted by atomic mass is 16.6. The van der Waals surface area contributed by atoms with Crippen molar-refractivity contribution in [2.45, 2.75) is 161 Å². The fourth-order valence-electron chi connectivity index (χ4n) is 4.54. The highest BCUT2D eigenvalue weighted by Crippen LogP contribution is 2.14. The van der Waals surface area contributed by atoms with E-state index in [-0.39, 0.29) is 25.2 Å². The first-order valence-electron chi connectivity index (χ1n) is 17.0. The molecule has 2 N–H and O–H groups in total. The number of aliphatic hydroxyl groups is 2. The molecule has 0 radical (unpaired) electrons. The Morgan fingerprint density at radius 3 is 1.67 bits per heavy atom. The van der Waals surface area contributed by atoms with Gasteiger partial charge in [0.15, 0.2) is 0 Å². The molecule has 0 aliphatic rings. The Kier molecular flexibility index (Phi) is 29.1. The first-order valence-corrected chi connectivity index (χ1v) is 17.0. The van der Waals surface area contributed by atoms with Crippen LogP contribution in [0.1, 0.15) is 149 Å². The lowest BCUT2D eigenvalue weighted by atomic mass is 10.0. The third kappa shape index (κ3) is 31.0. The van der Waals surface area contributed by atoms with E-state index in [1.54, 1.807) is 0 Å². The topological polar surface area (TPSA) is 93.1 Å². The first-order chi connectivity index (χ1) is 20.3. The van der Waals surface area contributed by atoms with Gasteiger partial charge in [-0.3, -0.25) is 9.59 Å². The zero-order valence-electron chi connectivity index (χ0n) is 27.3. The molecule has 0 aromatic heterocycles. The normalized spacial score (nSPS) is 13.5. The van der Waals surface area contributed by atoms with Gasteiger partial charge in [-0.2, -0.15) is 0 Å².